The highest BCUT2D eigenvalue weighted by Crippen LogP contribution is 2.25. The van der Waals surface area contributed by atoms with E-state index < -0.39 is 5.97 Å². The van der Waals surface area contributed by atoms with Gasteiger partial charge >= 0.3 is 5.97 Å². The predicted octanol–water partition coefficient (Wildman–Crippen LogP) is 3.37. The Labute approximate surface area is 122 Å². The fourth-order valence-corrected chi connectivity index (χ4v) is 1.66. The fraction of sp³-hybridized carbons (Fsp3) is 0.125. The smallest absolute Gasteiger partial charge is 0.328 e. The molecule has 2 rings (SSSR count). The van der Waals surface area contributed by atoms with E-state index in [1.54, 1.807) is 42.6 Å². The molecule has 0 aliphatic carbocycles. The number of nitrogens with zero attached hydrogens (tertiary/aromatic N) is 1. The van der Waals surface area contributed by atoms with Crippen LogP contribution in [0, 0.1) is 0 Å². The van der Waals surface area contributed by atoms with Crippen molar-refractivity contribution < 1.29 is 19.4 Å². The Morgan fingerprint density at radius 2 is 1.95 bits per heavy atom. The summed E-state index contributed by atoms with van der Waals surface area (Å²) >= 11 is 0. The van der Waals surface area contributed by atoms with Crippen molar-refractivity contribution in [2.45, 2.75) is 6.92 Å². The maximum atomic E-state index is 10.6. The van der Waals surface area contributed by atoms with E-state index in [0.717, 1.165) is 11.8 Å². The molecule has 1 aromatic heterocycles. The summed E-state index contributed by atoms with van der Waals surface area (Å²) in [5, 5.41) is 8.67. The third-order valence-corrected chi connectivity index (χ3v) is 2.56. The molecule has 21 heavy (non-hydrogen) atoms. The van der Waals surface area contributed by atoms with E-state index in [9.17, 15) is 4.79 Å². The first kappa shape index (κ1) is 14.6. The van der Waals surface area contributed by atoms with Crippen LogP contribution in [0.1, 0.15) is 12.5 Å². The average molecular weight is 285 g/mol. The van der Waals surface area contributed by atoms with Crippen molar-refractivity contribution in [2.24, 2.45) is 0 Å². The highest BCUT2D eigenvalue weighted by Gasteiger charge is 2.04. The standard InChI is InChI=1S/C16H15NO4/c1-2-20-13-6-8-14(9-7-13)21-16-12(4-3-11-17-16)5-10-15(18)19/h3-11H,2H2,1H3,(H,18,19)/b10-5+. The molecule has 0 atom stereocenters. The van der Waals surface area contributed by atoms with Crippen molar-refractivity contribution >= 4 is 12.0 Å². The Hall–Kier alpha value is -2.82. The molecule has 1 heterocycles. The highest BCUT2D eigenvalue weighted by molar-refractivity contribution is 5.85. The minimum atomic E-state index is -1.02. The molecule has 0 bridgehead atoms. The molecule has 0 aliphatic heterocycles. The number of carboxylic acids is 1. The normalized spacial score (nSPS) is 10.5. The van der Waals surface area contributed by atoms with Crippen LogP contribution in [0.15, 0.2) is 48.7 Å². The molecular formula is C16H15NO4. The SMILES string of the molecule is CCOc1ccc(Oc2ncccc2/C=C/C(=O)O)cc1. The fourth-order valence-electron chi connectivity index (χ4n) is 1.66. The molecule has 0 aliphatic rings. The van der Waals surface area contributed by atoms with Crippen LogP contribution in [0.3, 0.4) is 0 Å². The van der Waals surface area contributed by atoms with Crippen LogP contribution in [-0.4, -0.2) is 22.7 Å². The number of hydrogen-bond donors (Lipinski definition) is 1. The van der Waals surface area contributed by atoms with E-state index in [-0.39, 0.29) is 0 Å². The summed E-state index contributed by atoms with van der Waals surface area (Å²) in [6.45, 7) is 2.52. The van der Waals surface area contributed by atoms with Crippen LogP contribution in [0.5, 0.6) is 17.4 Å². The molecule has 5 nitrogen and oxygen atoms in total. The van der Waals surface area contributed by atoms with E-state index in [1.165, 1.54) is 6.08 Å². The van der Waals surface area contributed by atoms with Gasteiger partial charge in [0, 0.05) is 17.8 Å². The van der Waals surface area contributed by atoms with Gasteiger partial charge in [-0.15, -0.1) is 0 Å². The van der Waals surface area contributed by atoms with Gasteiger partial charge in [0.05, 0.1) is 6.61 Å². The molecular weight excluding hydrogens is 270 g/mol. The Bertz CT molecular complexity index is 635. The number of hydrogen-bond acceptors (Lipinski definition) is 4. The van der Waals surface area contributed by atoms with Gasteiger partial charge in [0.25, 0.3) is 0 Å². The lowest BCUT2D eigenvalue weighted by Crippen LogP contribution is -1.93. The highest BCUT2D eigenvalue weighted by atomic mass is 16.5. The predicted molar refractivity (Wildman–Crippen MR) is 78.6 cm³/mol. The minimum absolute atomic E-state index is 0.346. The molecule has 0 amide bonds. The van der Waals surface area contributed by atoms with E-state index >= 15 is 0 Å². The maximum Gasteiger partial charge on any atom is 0.328 e. The lowest BCUT2D eigenvalue weighted by Gasteiger charge is -2.08. The van der Waals surface area contributed by atoms with Crippen LogP contribution in [0.4, 0.5) is 0 Å². The Morgan fingerprint density at radius 3 is 2.62 bits per heavy atom. The van der Waals surface area contributed by atoms with Crippen molar-refractivity contribution in [2.75, 3.05) is 6.61 Å². The summed E-state index contributed by atoms with van der Waals surface area (Å²) in [7, 11) is 0. The van der Waals surface area contributed by atoms with Crippen LogP contribution in [0.25, 0.3) is 6.08 Å². The first-order valence-corrected chi connectivity index (χ1v) is 6.46. The molecule has 1 aromatic carbocycles. The molecule has 0 saturated carbocycles. The number of benzene rings is 1. The summed E-state index contributed by atoms with van der Waals surface area (Å²) in [4.78, 5) is 14.7. The van der Waals surface area contributed by atoms with Gasteiger partial charge in [-0.2, -0.15) is 0 Å². The minimum Gasteiger partial charge on any atom is -0.494 e. The molecule has 0 saturated heterocycles. The van der Waals surface area contributed by atoms with E-state index in [0.29, 0.717) is 23.8 Å². The molecule has 5 heteroatoms. The molecule has 0 unspecified atom stereocenters. The summed E-state index contributed by atoms with van der Waals surface area (Å²) in [6, 6.07) is 10.6. The van der Waals surface area contributed by atoms with Crippen molar-refractivity contribution in [1.82, 2.24) is 4.98 Å². The summed E-state index contributed by atoms with van der Waals surface area (Å²) in [5.41, 5.74) is 0.591. The molecule has 0 fully saturated rings. The van der Waals surface area contributed by atoms with Crippen LogP contribution < -0.4 is 9.47 Å². The first-order valence-electron chi connectivity index (χ1n) is 6.46. The van der Waals surface area contributed by atoms with Crippen LogP contribution in [-0.2, 0) is 4.79 Å². The second-order valence-corrected chi connectivity index (χ2v) is 4.08. The zero-order valence-corrected chi connectivity index (χ0v) is 11.5. The largest absolute Gasteiger partial charge is 0.494 e. The third-order valence-electron chi connectivity index (χ3n) is 2.56. The number of rotatable bonds is 6. The Morgan fingerprint density at radius 1 is 1.24 bits per heavy atom. The lowest BCUT2D eigenvalue weighted by atomic mass is 10.2. The Kier molecular flexibility index (Phi) is 4.93. The van der Waals surface area contributed by atoms with E-state index in [1.807, 2.05) is 6.92 Å². The topological polar surface area (TPSA) is 68.7 Å². The number of aromatic nitrogens is 1. The molecule has 108 valence electrons. The number of carboxylic acid groups (broad SMARTS) is 1. The average Bonchev–Trinajstić information content (AvgIpc) is 2.48. The van der Waals surface area contributed by atoms with Gasteiger partial charge in [-0.3, -0.25) is 0 Å². The van der Waals surface area contributed by atoms with Gasteiger partial charge in [-0.05, 0) is 49.4 Å². The van der Waals surface area contributed by atoms with Crippen molar-refractivity contribution in [3.8, 4) is 17.4 Å². The molecule has 1 N–H and O–H groups in total. The quantitative estimate of drug-likeness (QED) is 0.824. The maximum absolute atomic E-state index is 10.6. The first-order chi connectivity index (χ1) is 10.2. The van der Waals surface area contributed by atoms with Crippen molar-refractivity contribution in [3.63, 3.8) is 0 Å². The number of pyridine rings is 1. The molecule has 2 aromatic rings. The lowest BCUT2D eigenvalue weighted by molar-refractivity contribution is -0.131. The van der Waals surface area contributed by atoms with Gasteiger partial charge in [0.1, 0.15) is 11.5 Å². The summed E-state index contributed by atoms with van der Waals surface area (Å²) < 4.78 is 11.0. The monoisotopic (exact) mass is 285 g/mol. The number of ether oxygens (including phenoxy) is 2. The number of carbonyl (C=O) groups is 1. The third kappa shape index (κ3) is 4.35. The molecule has 0 radical (unpaired) electrons. The van der Waals surface area contributed by atoms with E-state index in [2.05, 4.69) is 4.98 Å². The zero-order valence-electron chi connectivity index (χ0n) is 11.5. The zero-order chi connectivity index (χ0) is 15.1. The van der Waals surface area contributed by atoms with Gasteiger partial charge in [-0.25, -0.2) is 9.78 Å². The van der Waals surface area contributed by atoms with E-state index in [4.69, 9.17) is 14.6 Å². The van der Waals surface area contributed by atoms with Gasteiger partial charge < -0.3 is 14.6 Å². The van der Waals surface area contributed by atoms with Crippen LogP contribution in [0.2, 0.25) is 0 Å². The van der Waals surface area contributed by atoms with Crippen molar-refractivity contribution in [1.29, 1.82) is 0 Å². The number of aliphatic carboxylic acids is 1. The Balaban J connectivity index is 2.17. The van der Waals surface area contributed by atoms with Crippen LogP contribution >= 0.6 is 0 Å². The second-order valence-electron chi connectivity index (χ2n) is 4.08. The van der Waals surface area contributed by atoms with Gasteiger partial charge in [0.2, 0.25) is 5.88 Å². The second kappa shape index (κ2) is 7.09. The van der Waals surface area contributed by atoms with Gasteiger partial charge in [-0.1, -0.05) is 0 Å². The van der Waals surface area contributed by atoms with Crippen molar-refractivity contribution in [3.05, 3.63) is 54.2 Å². The molecule has 0 spiro atoms. The summed E-state index contributed by atoms with van der Waals surface area (Å²) in [6.07, 6.45) is 4.07. The summed E-state index contributed by atoms with van der Waals surface area (Å²) in [5.74, 6) is 0.684. The van der Waals surface area contributed by atoms with Gasteiger partial charge in [0.15, 0.2) is 0 Å².